The average molecular weight is 206 g/mol. The molecule has 1 aromatic rings. The van der Waals surface area contributed by atoms with Gasteiger partial charge >= 0.3 is 0 Å². The Morgan fingerprint density at radius 1 is 1.33 bits per heavy atom. The standard InChI is InChI=1S/C13H18O2/c1-4-13(9-14,10-15-3)12-7-5-11(2)6-8-12/h5-9H,4,10H2,1-3H3. The normalized spacial score (nSPS) is 14.6. The second kappa shape index (κ2) is 5.08. The zero-order valence-corrected chi connectivity index (χ0v) is 9.62. The third-order valence-electron chi connectivity index (χ3n) is 2.88. The fourth-order valence-electron chi connectivity index (χ4n) is 1.72. The van der Waals surface area contributed by atoms with Crippen LogP contribution in [0, 0.1) is 6.92 Å². The Labute approximate surface area is 91.3 Å². The number of ether oxygens (including phenoxy) is 1. The van der Waals surface area contributed by atoms with Crippen LogP contribution in [0.1, 0.15) is 24.5 Å². The van der Waals surface area contributed by atoms with E-state index in [1.165, 1.54) is 5.56 Å². The fraction of sp³-hybridized carbons (Fsp3) is 0.462. The minimum atomic E-state index is -0.484. The van der Waals surface area contributed by atoms with E-state index in [-0.39, 0.29) is 0 Å². The predicted molar refractivity (Wildman–Crippen MR) is 61.1 cm³/mol. The van der Waals surface area contributed by atoms with Crippen molar-refractivity contribution in [3.63, 3.8) is 0 Å². The zero-order valence-electron chi connectivity index (χ0n) is 9.62. The molecule has 0 aliphatic heterocycles. The number of benzene rings is 1. The Morgan fingerprint density at radius 3 is 2.33 bits per heavy atom. The van der Waals surface area contributed by atoms with E-state index < -0.39 is 5.41 Å². The molecule has 15 heavy (non-hydrogen) atoms. The Morgan fingerprint density at radius 2 is 1.93 bits per heavy atom. The molecule has 2 nitrogen and oxygen atoms in total. The molecule has 0 aromatic heterocycles. The molecule has 0 heterocycles. The van der Waals surface area contributed by atoms with Gasteiger partial charge in [-0.15, -0.1) is 0 Å². The highest BCUT2D eigenvalue weighted by Gasteiger charge is 2.29. The van der Waals surface area contributed by atoms with Crippen molar-refractivity contribution in [2.45, 2.75) is 25.7 Å². The van der Waals surface area contributed by atoms with Gasteiger partial charge in [0, 0.05) is 7.11 Å². The first-order valence-corrected chi connectivity index (χ1v) is 5.21. The molecule has 0 N–H and O–H groups in total. The van der Waals surface area contributed by atoms with E-state index in [9.17, 15) is 4.79 Å². The van der Waals surface area contributed by atoms with E-state index in [0.717, 1.165) is 18.3 Å². The van der Waals surface area contributed by atoms with Gasteiger partial charge in [-0.2, -0.15) is 0 Å². The van der Waals surface area contributed by atoms with Crippen molar-refractivity contribution in [2.75, 3.05) is 13.7 Å². The van der Waals surface area contributed by atoms with Crippen LogP contribution < -0.4 is 0 Å². The summed E-state index contributed by atoms with van der Waals surface area (Å²) < 4.78 is 5.14. The molecule has 2 heteroatoms. The molecule has 1 rings (SSSR count). The number of hydrogen-bond acceptors (Lipinski definition) is 2. The Balaban J connectivity index is 3.07. The Kier molecular flexibility index (Phi) is 4.04. The maximum Gasteiger partial charge on any atom is 0.132 e. The van der Waals surface area contributed by atoms with Gasteiger partial charge in [0.2, 0.25) is 0 Å². The van der Waals surface area contributed by atoms with Gasteiger partial charge in [0.25, 0.3) is 0 Å². The number of aryl methyl sites for hydroxylation is 1. The average Bonchev–Trinajstić information content (AvgIpc) is 2.27. The number of aldehydes is 1. The van der Waals surface area contributed by atoms with Crippen LogP contribution in [0.25, 0.3) is 0 Å². The van der Waals surface area contributed by atoms with Gasteiger partial charge in [-0.25, -0.2) is 0 Å². The van der Waals surface area contributed by atoms with Crippen LogP contribution in [0.15, 0.2) is 24.3 Å². The van der Waals surface area contributed by atoms with E-state index in [2.05, 4.69) is 0 Å². The topological polar surface area (TPSA) is 26.3 Å². The SMILES string of the molecule is CCC(C=O)(COC)c1ccc(C)cc1. The summed E-state index contributed by atoms with van der Waals surface area (Å²) in [5.74, 6) is 0. The maximum atomic E-state index is 11.3. The molecular formula is C13H18O2. The smallest absolute Gasteiger partial charge is 0.132 e. The van der Waals surface area contributed by atoms with Gasteiger partial charge in [0.1, 0.15) is 6.29 Å². The highest BCUT2D eigenvalue weighted by atomic mass is 16.5. The summed E-state index contributed by atoms with van der Waals surface area (Å²) in [7, 11) is 1.63. The maximum absolute atomic E-state index is 11.3. The van der Waals surface area contributed by atoms with E-state index >= 15 is 0 Å². The monoisotopic (exact) mass is 206 g/mol. The number of methoxy groups -OCH3 is 1. The van der Waals surface area contributed by atoms with Crippen molar-refractivity contribution in [1.29, 1.82) is 0 Å². The lowest BCUT2D eigenvalue weighted by molar-refractivity contribution is -0.114. The molecule has 0 radical (unpaired) electrons. The van der Waals surface area contributed by atoms with E-state index in [1.54, 1.807) is 7.11 Å². The highest BCUT2D eigenvalue weighted by Crippen LogP contribution is 2.26. The molecule has 0 aliphatic rings. The van der Waals surface area contributed by atoms with Gasteiger partial charge in [-0.3, -0.25) is 0 Å². The van der Waals surface area contributed by atoms with Crippen LogP contribution in [0.5, 0.6) is 0 Å². The third-order valence-corrected chi connectivity index (χ3v) is 2.88. The number of hydrogen-bond donors (Lipinski definition) is 0. The van der Waals surface area contributed by atoms with Crippen LogP contribution in [0.4, 0.5) is 0 Å². The van der Waals surface area contributed by atoms with Crippen LogP contribution in [-0.4, -0.2) is 20.0 Å². The molecule has 0 fully saturated rings. The van der Waals surface area contributed by atoms with Gasteiger partial charge < -0.3 is 9.53 Å². The van der Waals surface area contributed by atoms with Gasteiger partial charge in [-0.05, 0) is 18.9 Å². The molecule has 82 valence electrons. The van der Waals surface area contributed by atoms with Crippen LogP contribution >= 0.6 is 0 Å². The molecule has 0 spiro atoms. The lowest BCUT2D eigenvalue weighted by atomic mass is 9.80. The summed E-state index contributed by atoms with van der Waals surface area (Å²) in [4.78, 5) is 11.3. The van der Waals surface area contributed by atoms with E-state index in [1.807, 2.05) is 38.1 Å². The Hall–Kier alpha value is -1.15. The fourth-order valence-corrected chi connectivity index (χ4v) is 1.72. The van der Waals surface area contributed by atoms with Crippen LogP contribution in [0.2, 0.25) is 0 Å². The molecule has 0 bridgehead atoms. The zero-order chi connectivity index (χ0) is 11.3. The van der Waals surface area contributed by atoms with Crippen molar-refractivity contribution >= 4 is 6.29 Å². The summed E-state index contributed by atoms with van der Waals surface area (Å²) in [6, 6.07) is 8.07. The number of carbonyl (C=O) groups excluding carboxylic acids is 1. The van der Waals surface area contributed by atoms with E-state index in [0.29, 0.717) is 6.61 Å². The first-order valence-electron chi connectivity index (χ1n) is 5.21. The van der Waals surface area contributed by atoms with Gasteiger partial charge in [0.05, 0.1) is 12.0 Å². The molecule has 0 amide bonds. The van der Waals surface area contributed by atoms with Gasteiger partial charge in [-0.1, -0.05) is 36.8 Å². The molecule has 1 unspecified atom stereocenters. The largest absolute Gasteiger partial charge is 0.383 e. The summed E-state index contributed by atoms with van der Waals surface area (Å²) in [6.45, 7) is 4.48. The predicted octanol–water partition coefficient (Wildman–Crippen LogP) is 2.49. The summed E-state index contributed by atoms with van der Waals surface area (Å²) >= 11 is 0. The lowest BCUT2D eigenvalue weighted by Crippen LogP contribution is -2.32. The third kappa shape index (κ3) is 2.45. The first kappa shape index (κ1) is 11.9. The molecule has 1 atom stereocenters. The van der Waals surface area contributed by atoms with Crippen LogP contribution in [0.3, 0.4) is 0 Å². The van der Waals surface area contributed by atoms with E-state index in [4.69, 9.17) is 4.74 Å². The van der Waals surface area contributed by atoms with Crippen molar-refractivity contribution in [1.82, 2.24) is 0 Å². The Bertz CT molecular complexity index is 316. The van der Waals surface area contributed by atoms with Crippen molar-refractivity contribution in [3.8, 4) is 0 Å². The summed E-state index contributed by atoms with van der Waals surface area (Å²) in [5.41, 5.74) is 1.75. The van der Waals surface area contributed by atoms with Crippen molar-refractivity contribution in [3.05, 3.63) is 35.4 Å². The second-order valence-corrected chi connectivity index (χ2v) is 3.93. The summed E-state index contributed by atoms with van der Waals surface area (Å²) in [6.07, 6.45) is 1.76. The number of rotatable bonds is 5. The minimum absolute atomic E-state index is 0.441. The quantitative estimate of drug-likeness (QED) is 0.692. The van der Waals surface area contributed by atoms with Crippen molar-refractivity contribution in [2.24, 2.45) is 0 Å². The molecule has 0 saturated heterocycles. The highest BCUT2D eigenvalue weighted by molar-refractivity contribution is 5.68. The molecule has 0 aliphatic carbocycles. The van der Waals surface area contributed by atoms with Gasteiger partial charge in [0.15, 0.2) is 0 Å². The minimum Gasteiger partial charge on any atom is -0.383 e. The molecule has 1 aromatic carbocycles. The molecular weight excluding hydrogens is 188 g/mol. The first-order chi connectivity index (χ1) is 7.18. The number of carbonyl (C=O) groups is 1. The summed E-state index contributed by atoms with van der Waals surface area (Å²) in [5, 5.41) is 0. The second-order valence-electron chi connectivity index (χ2n) is 3.93. The van der Waals surface area contributed by atoms with Crippen LogP contribution in [-0.2, 0) is 14.9 Å². The lowest BCUT2D eigenvalue weighted by Gasteiger charge is -2.26. The molecule has 0 saturated carbocycles. The van der Waals surface area contributed by atoms with Crippen molar-refractivity contribution < 1.29 is 9.53 Å².